The lowest BCUT2D eigenvalue weighted by Crippen LogP contribution is -2.50. The van der Waals surface area contributed by atoms with Crippen molar-refractivity contribution < 1.29 is 22.8 Å². The van der Waals surface area contributed by atoms with Crippen LogP contribution < -0.4 is 5.32 Å². The molecule has 1 heterocycles. The number of rotatable bonds is 3. The number of likely N-dealkylation sites (tertiary alicyclic amines) is 1. The Balaban J connectivity index is 2.00. The molecular formula is C14H14ClF3N2O2. The molecule has 1 aliphatic rings. The molecule has 1 atom stereocenters. The van der Waals surface area contributed by atoms with Crippen LogP contribution >= 0.6 is 11.6 Å². The highest BCUT2D eigenvalue weighted by molar-refractivity contribution is 6.31. The maximum Gasteiger partial charge on any atom is 0.471 e. The second kappa shape index (κ2) is 6.56. The molecule has 120 valence electrons. The first-order chi connectivity index (χ1) is 10.3. The van der Waals surface area contributed by atoms with Crippen LogP contribution in [0.15, 0.2) is 24.3 Å². The van der Waals surface area contributed by atoms with Gasteiger partial charge in [-0.05, 0) is 24.5 Å². The number of hydrogen-bond donors (Lipinski definition) is 1. The number of alkyl halides is 3. The molecule has 1 unspecified atom stereocenters. The van der Waals surface area contributed by atoms with Gasteiger partial charge in [-0.25, -0.2) is 0 Å². The van der Waals surface area contributed by atoms with Crippen LogP contribution in [0.5, 0.6) is 0 Å². The maximum atomic E-state index is 12.5. The molecule has 8 heteroatoms. The summed E-state index contributed by atoms with van der Waals surface area (Å²) in [5.41, 5.74) is 0.657. The van der Waals surface area contributed by atoms with Crippen molar-refractivity contribution in [1.82, 2.24) is 10.2 Å². The lowest BCUT2D eigenvalue weighted by Gasteiger charge is -2.24. The molecule has 1 aromatic rings. The van der Waals surface area contributed by atoms with Crippen molar-refractivity contribution in [3.05, 3.63) is 34.9 Å². The van der Waals surface area contributed by atoms with E-state index in [1.807, 2.05) is 0 Å². The zero-order valence-electron chi connectivity index (χ0n) is 11.5. The third-order valence-electron chi connectivity index (χ3n) is 3.47. The Morgan fingerprint density at radius 3 is 2.64 bits per heavy atom. The van der Waals surface area contributed by atoms with E-state index in [1.54, 1.807) is 24.3 Å². The summed E-state index contributed by atoms with van der Waals surface area (Å²) in [6.07, 6.45) is -4.38. The summed E-state index contributed by atoms with van der Waals surface area (Å²) < 4.78 is 37.5. The van der Waals surface area contributed by atoms with Gasteiger partial charge in [0, 0.05) is 18.1 Å². The van der Waals surface area contributed by atoms with Crippen LogP contribution in [0, 0.1) is 0 Å². The second-order valence-electron chi connectivity index (χ2n) is 4.96. The van der Waals surface area contributed by atoms with Gasteiger partial charge in [-0.15, -0.1) is 0 Å². The van der Waals surface area contributed by atoms with Gasteiger partial charge in [-0.2, -0.15) is 13.2 Å². The van der Waals surface area contributed by atoms with Crippen LogP contribution in [-0.2, 0) is 16.1 Å². The minimum atomic E-state index is -4.97. The lowest BCUT2D eigenvalue weighted by molar-refractivity contribution is -0.186. The quantitative estimate of drug-likeness (QED) is 0.923. The van der Waals surface area contributed by atoms with Crippen molar-refractivity contribution in [2.45, 2.75) is 31.6 Å². The number of carbonyl (C=O) groups excluding carboxylic acids is 2. The highest BCUT2D eigenvalue weighted by Crippen LogP contribution is 2.26. The first-order valence-electron chi connectivity index (χ1n) is 6.69. The molecule has 4 nitrogen and oxygen atoms in total. The number of carbonyl (C=O) groups is 2. The van der Waals surface area contributed by atoms with E-state index in [0.717, 1.165) is 0 Å². The van der Waals surface area contributed by atoms with Crippen molar-refractivity contribution in [2.24, 2.45) is 0 Å². The molecule has 2 rings (SSSR count). The van der Waals surface area contributed by atoms with Crippen molar-refractivity contribution >= 4 is 23.4 Å². The van der Waals surface area contributed by atoms with Gasteiger partial charge in [0.15, 0.2) is 0 Å². The first-order valence-corrected chi connectivity index (χ1v) is 7.07. The summed E-state index contributed by atoms with van der Waals surface area (Å²) in [5.74, 6) is -2.57. The van der Waals surface area contributed by atoms with Crippen LogP contribution in [0.1, 0.15) is 18.4 Å². The maximum absolute atomic E-state index is 12.5. The smallest absolute Gasteiger partial charge is 0.350 e. The third-order valence-corrected chi connectivity index (χ3v) is 3.84. The largest absolute Gasteiger partial charge is 0.471 e. The van der Waals surface area contributed by atoms with Gasteiger partial charge in [-0.1, -0.05) is 29.8 Å². The third kappa shape index (κ3) is 3.71. The molecule has 22 heavy (non-hydrogen) atoms. The molecule has 1 saturated heterocycles. The van der Waals surface area contributed by atoms with Gasteiger partial charge in [0.25, 0.3) is 0 Å². The predicted molar refractivity (Wildman–Crippen MR) is 74.1 cm³/mol. The summed E-state index contributed by atoms with van der Waals surface area (Å²) in [6.45, 7) is 0.0333. The molecule has 0 spiro atoms. The van der Waals surface area contributed by atoms with Gasteiger partial charge >= 0.3 is 12.1 Å². The number of halogens is 4. The summed E-state index contributed by atoms with van der Waals surface area (Å²) in [7, 11) is 0. The minimum Gasteiger partial charge on any atom is -0.350 e. The number of amides is 2. The minimum absolute atomic E-state index is 0.0669. The fourth-order valence-electron chi connectivity index (χ4n) is 2.39. The van der Waals surface area contributed by atoms with E-state index in [1.165, 1.54) is 0 Å². The highest BCUT2D eigenvalue weighted by Gasteiger charge is 2.47. The van der Waals surface area contributed by atoms with Crippen molar-refractivity contribution in [3.8, 4) is 0 Å². The standard InChI is InChI=1S/C14H14ClF3N2O2/c15-10-5-2-1-4-9(10)8-19-12(21)11-6-3-7-20(11)13(22)14(16,17)18/h1-2,4-5,11H,3,6-8H2,(H,19,21). The van der Waals surface area contributed by atoms with Crippen LogP contribution in [0.2, 0.25) is 5.02 Å². The Morgan fingerprint density at radius 2 is 2.00 bits per heavy atom. The number of hydrogen-bond acceptors (Lipinski definition) is 2. The monoisotopic (exact) mass is 334 g/mol. The Kier molecular flexibility index (Phi) is 4.95. The Hall–Kier alpha value is -1.76. The molecule has 1 fully saturated rings. The van der Waals surface area contributed by atoms with E-state index in [4.69, 9.17) is 11.6 Å². The summed E-state index contributed by atoms with van der Waals surface area (Å²) >= 11 is 5.94. The lowest BCUT2D eigenvalue weighted by atomic mass is 10.2. The molecule has 1 N–H and O–H groups in total. The Morgan fingerprint density at radius 1 is 1.32 bits per heavy atom. The second-order valence-corrected chi connectivity index (χ2v) is 5.37. The number of benzene rings is 1. The van der Waals surface area contributed by atoms with Crippen LogP contribution in [0.25, 0.3) is 0 Å². The van der Waals surface area contributed by atoms with E-state index < -0.39 is 24.0 Å². The summed E-state index contributed by atoms with van der Waals surface area (Å²) in [6, 6.07) is 5.74. The zero-order valence-corrected chi connectivity index (χ0v) is 12.2. The highest BCUT2D eigenvalue weighted by atomic mass is 35.5. The zero-order chi connectivity index (χ0) is 16.3. The van der Waals surface area contributed by atoms with Gasteiger partial charge in [0.1, 0.15) is 6.04 Å². The average molecular weight is 335 g/mol. The van der Waals surface area contributed by atoms with Crippen LogP contribution in [-0.4, -0.2) is 35.5 Å². The number of nitrogens with one attached hydrogen (secondary N) is 1. The van der Waals surface area contributed by atoms with Gasteiger partial charge < -0.3 is 10.2 Å². The molecule has 0 aliphatic carbocycles. The fourth-order valence-corrected chi connectivity index (χ4v) is 2.59. The molecule has 0 saturated carbocycles. The number of nitrogens with zero attached hydrogens (tertiary/aromatic N) is 1. The molecular weight excluding hydrogens is 321 g/mol. The van der Waals surface area contributed by atoms with Gasteiger partial charge in [0.2, 0.25) is 5.91 Å². The summed E-state index contributed by atoms with van der Waals surface area (Å²) in [5, 5.41) is 2.99. The topological polar surface area (TPSA) is 49.4 Å². The van der Waals surface area contributed by atoms with Gasteiger partial charge in [0.05, 0.1) is 0 Å². The first kappa shape index (κ1) is 16.6. The Bertz CT molecular complexity index is 577. The van der Waals surface area contributed by atoms with Crippen LogP contribution in [0.3, 0.4) is 0 Å². The molecule has 0 aromatic heterocycles. The van der Waals surface area contributed by atoms with Crippen molar-refractivity contribution in [1.29, 1.82) is 0 Å². The predicted octanol–water partition coefficient (Wildman–Crippen LogP) is 2.51. The normalized spacial score (nSPS) is 18.4. The SMILES string of the molecule is O=C(NCc1ccccc1Cl)C1CCCN1C(=O)C(F)(F)F. The molecule has 0 radical (unpaired) electrons. The summed E-state index contributed by atoms with van der Waals surface area (Å²) in [4.78, 5) is 24.0. The molecule has 1 aliphatic heterocycles. The Labute approximate surface area is 130 Å². The van der Waals surface area contributed by atoms with Crippen molar-refractivity contribution in [3.63, 3.8) is 0 Å². The van der Waals surface area contributed by atoms with E-state index >= 15 is 0 Å². The van der Waals surface area contributed by atoms with Gasteiger partial charge in [-0.3, -0.25) is 9.59 Å². The average Bonchev–Trinajstić information content (AvgIpc) is 2.93. The van der Waals surface area contributed by atoms with Crippen LogP contribution in [0.4, 0.5) is 13.2 Å². The van der Waals surface area contributed by atoms with E-state index in [0.29, 0.717) is 21.9 Å². The van der Waals surface area contributed by atoms with E-state index in [9.17, 15) is 22.8 Å². The fraction of sp³-hybridized carbons (Fsp3) is 0.429. The van der Waals surface area contributed by atoms with E-state index in [2.05, 4.69) is 5.32 Å². The van der Waals surface area contributed by atoms with E-state index in [-0.39, 0.29) is 19.5 Å². The molecule has 0 bridgehead atoms. The molecule has 1 aromatic carbocycles. The molecule has 2 amide bonds. The van der Waals surface area contributed by atoms with Crippen molar-refractivity contribution in [2.75, 3.05) is 6.54 Å².